The summed E-state index contributed by atoms with van der Waals surface area (Å²) in [5, 5.41) is 11.1. The minimum absolute atomic E-state index is 0.102. The van der Waals surface area contributed by atoms with E-state index < -0.39 is 17.9 Å². The van der Waals surface area contributed by atoms with E-state index in [0.717, 1.165) is 0 Å². The molecule has 1 aromatic rings. The number of carbonyl (C=O) groups excluding carboxylic acids is 1. The fraction of sp³-hybridized carbons (Fsp3) is 0.333. The molecule has 0 aliphatic heterocycles. The van der Waals surface area contributed by atoms with Crippen molar-refractivity contribution in [3.8, 4) is 5.75 Å². The molecule has 0 heterocycles. The Bertz CT molecular complexity index is 434. The average molecular weight is 252 g/mol. The summed E-state index contributed by atoms with van der Waals surface area (Å²) in [6.45, 7) is 0. The van der Waals surface area contributed by atoms with E-state index in [-0.39, 0.29) is 12.8 Å². The Balaban J connectivity index is 2.55. The topological polar surface area (TPSA) is 102 Å². The first-order chi connectivity index (χ1) is 8.52. The third-order valence-electron chi connectivity index (χ3n) is 2.34. The molecule has 0 aliphatic carbocycles. The Hall–Kier alpha value is -2.08. The molecule has 0 aliphatic rings. The lowest BCUT2D eigenvalue weighted by Gasteiger charge is -2.11. The minimum atomic E-state index is -0.973. The van der Waals surface area contributed by atoms with Crippen LogP contribution >= 0.6 is 0 Å². The molecule has 0 spiro atoms. The van der Waals surface area contributed by atoms with Gasteiger partial charge >= 0.3 is 5.97 Å². The summed E-state index contributed by atoms with van der Waals surface area (Å²) >= 11 is 0. The van der Waals surface area contributed by atoms with Gasteiger partial charge in [-0.2, -0.15) is 0 Å². The normalized spacial score (nSPS) is 11.7. The van der Waals surface area contributed by atoms with Crippen molar-refractivity contribution in [3.63, 3.8) is 0 Å². The van der Waals surface area contributed by atoms with E-state index in [2.05, 4.69) is 5.32 Å². The summed E-state index contributed by atoms with van der Waals surface area (Å²) < 4.78 is 5.02. The van der Waals surface area contributed by atoms with Crippen LogP contribution in [-0.4, -0.2) is 30.1 Å². The van der Waals surface area contributed by atoms with Crippen molar-refractivity contribution in [3.05, 3.63) is 24.3 Å². The molecule has 1 unspecified atom stereocenters. The van der Waals surface area contributed by atoms with Gasteiger partial charge in [0.15, 0.2) is 0 Å². The summed E-state index contributed by atoms with van der Waals surface area (Å²) in [5.74, 6) is -0.768. The van der Waals surface area contributed by atoms with Crippen molar-refractivity contribution in [1.82, 2.24) is 0 Å². The van der Waals surface area contributed by atoms with Gasteiger partial charge in [-0.05, 0) is 18.6 Å². The maximum atomic E-state index is 11.7. The molecular formula is C12H16N2O4. The molecule has 0 fully saturated rings. The second-order valence-electron chi connectivity index (χ2n) is 3.76. The van der Waals surface area contributed by atoms with Crippen LogP contribution in [0.3, 0.4) is 0 Å². The third-order valence-corrected chi connectivity index (χ3v) is 2.34. The molecule has 0 saturated heterocycles. The van der Waals surface area contributed by atoms with Crippen molar-refractivity contribution in [1.29, 1.82) is 0 Å². The van der Waals surface area contributed by atoms with Gasteiger partial charge < -0.3 is 20.9 Å². The van der Waals surface area contributed by atoms with Crippen molar-refractivity contribution in [2.24, 2.45) is 5.73 Å². The predicted octanol–water partition coefficient (Wildman–Crippen LogP) is 0.826. The molecule has 0 saturated carbocycles. The van der Waals surface area contributed by atoms with E-state index in [0.29, 0.717) is 11.4 Å². The molecule has 6 heteroatoms. The highest BCUT2D eigenvalue weighted by atomic mass is 16.5. The van der Waals surface area contributed by atoms with Crippen LogP contribution in [0, 0.1) is 0 Å². The number of aliphatic carboxylic acids is 1. The number of benzene rings is 1. The van der Waals surface area contributed by atoms with Crippen LogP contribution in [0.25, 0.3) is 0 Å². The quantitative estimate of drug-likeness (QED) is 0.696. The molecule has 1 atom stereocenters. The van der Waals surface area contributed by atoms with Gasteiger partial charge in [-0.15, -0.1) is 0 Å². The number of methoxy groups -OCH3 is 1. The molecule has 18 heavy (non-hydrogen) atoms. The number of ether oxygens (including phenoxy) is 1. The second kappa shape index (κ2) is 6.61. The van der Waals surface area contributed by atoms with Gasteiger partial charge in [-0.3, -0.25) is 9.59 Å². The Labute approximate surface area is 105 Å². The number of rotatable bonds is 6. The van der Waals surface area contributed by atoms with Gasteiger partial charge in [0.1, 0.15) is 5.75 Å². The largest absolute Gasteiger partial charge is 0.497 e. The van der Waals surface area contributed by atoms with E-state index in [1.54, 1.807) is 24.3 Å². The number of carboxylic acids is 1. The van der Waals surface area contributed by atoms with Crippen molar-refractivity contribution >= 4 is 17.6 Å². The van der Waals surface area contributed by atoms with Crippen LogP contribution in [-0.2, 0) is 9.59 Å². The molecule has 6 nitrogen and oxygen atoms in total. The summed E-state index contributed by atoms with van der Waals surface area (Å²) in [6.07, 6.45) is -0.0299. The smallest absolute Gasteiger partial charge is 0.303 e. The van der Waals surface area contributed by atoms with Gasteiger partial charge in [0.05, 0.1) is 13.2 Å². The number of nitrogens with one attached hydrogen (secondary N) is 1. The van der Waals surface area contributed by atoms with Gasteiger partial charge in [0, 0.05) is 18.2 Å². The highest BCUT2D eigenvalue weighted by Crippen LogP contribution is 2.16. The molecule has 4 N–H and O–H groups in total. The van der Waals surface area contributed by atoms with E-state index in [1.807, 2.05) is 0 Å². The zero-order chi connectivity index (χ0) is 13.5. The zero-order valence-corrected chi connectivity index (χ0v) is 10.1. The molecule has 1 amide bonds. The first-order valence-electron chi connectivity index (χ1n) is 5.45. The van der Waals surface area contributed by atoms with E-state index in [1.165, 1.54) is 7.11 Å². The molecule has 0 bridgehead atoms. The van der Waals surface area contributed by atoms with E-state index in [9.17, 15) is 9.59 Å². The zero-order valence-electron chi connectivity index (χ0n) is 10.1. The highest BCUT2D eigenvalue weighted by Gasteiger charge is 2.15. The summed E-state index contributed by atoms with van der Waals surface area (Å²) in [7, 11) is 1.53. The third kappa shape index (κ3) is 4.42. The maximum Gasteiger partial charge on any atom is 0.303 e. The molecule has 1 aromatic carbocycles. The second-order valence-corrected chi connectivity index (χ2v) is 3.76. The van der Waals surface area contributed by atoms with Crippen LogP contribution < -0.4 is 15.8 Å². The Morgan fingerprint density at radius 2 is 2.22 bits per heavy atom. The van der Waals surface area contributed by atoms with E-state index in [4.69, 9.17) is 15.6 Å². The first-order valence-corrected chi connectivity index (χ1v) is 5.45. The lowest BCUT2D eigenvalue weighted by molar-refractivity contribution is -0.137. The number of anilines is 1. The maximum absolute atomic E-state index is 11.7. The lowest BCUT2D eigenvalue weighted by atomic mass is 10.1. The Morgan fingerprint density at radius 1 is 1.50 bits per heavy atom. The lowest BCUT2D eigenvalue weighted by Crippen LogP contribution is -2.36. The van der Waals surface area contributed by atoms with Crippen molar-refractivity contribution in [2.75, 3.05) is 12.4 Å². The number of amides is 1. The minimum Gasteiger partial charge on any atom is -0.497 e. The average Bonchev–Trinajstić information content (AvgIpc) is 2.36. The molecular weight excluding hydrogens is 236 g/mol. The highest BCUT2D eigenvalue weighted by molar-refractivity contribution is 5.95. The van der Waals surface area contributed by atoms with Gasteiger partial charge in [0.25, 0.3) is 0 Å². The Morgan fingerprint density at radius 3 is 2.83 bits per heavy atom. The monoisotopic (exact) mass is 252 g/mol. The Kier molecular flexibility index (Phi) is 5.13. The van der Waals surface area contributed by atoms with Crippen LogP contribution in [0.15, 0.2) is 24.3 Å². The number of hydrogen-bond acceptors (Lipinski definition) is 4. The predicted molar refractivity (Wildman–Crippen MR) is 66.5 cm³/mol. The van der Waals surface area contributed by atoms with Crippen molar-refractivity contribution in [2.45, 2.75) is 18.9 Å². The fourth-order valence-corrected chi connectivity index (χ4v) is 1.35. The van der Waals surface area contributed by atoms with Gasteiger partial charge in [-0.1, -0.05) is 6.07 Å². The molecule has 0 aromatic heterocycles. The summed E-state index contributed by atoms with van der Waals surface area (Å²) in [4.78, 5) is 22.0. The SMILES string of the molecule is COc1cccc(NC(=O)C(N)CCC(=O)O)c1. The molecule has 0 radical (unpaired) electrons. The van der Waals surface area contributed by atoms with Crippen LogP contribution in [0.4, 0.5) is 5.69 Å². The number of nitrogens with two attached hydrogens (primary N) is 1. The van der Waals surface area contributed by atoms with E-state index >= 15 is 0 Å². The standard InChI is InChI=1S/C12H16N2O4/c1-18-9-4-2-3-8(7-9)14-12(17)10(13)5-6-11(15)16/h2-4,7,10H,5-6,13H2,1H3,(H,14,17)(H,15,16). The van der Waals surface area contributed by atoms with Gasteiger partial charge in [-0.25, -0.2) is 0 Å². The number of carboxylic acid groups (broad SMARTS) is 1. The van der Waals surface area contributed by atoms with Crippen LogP contribution in [0.1, 0.15) is 12.8 Å². The number of carbonyl (C=O) groups is 2. The van der Waals surface area contributed by atoms with Crippen LogP contribution in [0.2, 0.25) is 0 Å². The summed E-state index contributed by atoms with van der Waals surface area (Å²) in [5.41, 5.74) is 6.14. The number of hydrogen-bond donors (Lipinski definition) is 3. The fourth-order valence-electron chi connectivity index (χ4n) is 1.35. The summed E-state index contributed by atoms with van der Waals surface area (Å²) in [6, 6.07) is 6.00. The van der Waals surface area contributed by atoms with Crippen molar-refractivity contribution < 1.29 is 19.4 Å². The molecule has 98 valence electrons. The van der Waals surface area contributed by atoms with Gasteiger partial charge in [0.2, 0.25) is 5.91 Å². The van der Waals surface area contributed by atoms with Crippen LogP contribution in [0.5, 0.6) is 5.75 Å². The molecule has 1 rings (SSSR count). The first kappa shape index (κ1) is 14.0.